The molecule has 0 radical (unpaired) electrons. The Morgan fingerprint density at radius 2 is 2.21 bits per heavy atom. The smallest absolute Gasteiger partial charge is 0.209 e. The molecule has 2 unspecified atom stereocenters. The van der Waals surface area contributed by atoms with Crippen molar-refractivity contribution in [3.8, 4) is 0 Å². The van der Waals surface area contributed by atoms with Gasteiger partial charge in [0.15, 0.2) is 6.29 Å². The number of carbonyl (C=O) groups excluding carboxylic acids is 1. The van der Waals surface area contributed by atoms with E-state index in [1.54, 1.807) is 12.4 Å². The Morgan fingerprint density at radius 3 is 2.89 bits per heavy atom. The van der Waals surface area contributed by atoms with Gasteiger partial charge in [-0.3, -0.25) is 15.1 Å². The van der Waals surface area contributed by atoms with Crippen LogP contribution in [0.4, 0.5) is 5.69 Å². The van der Waals surface area contributed by atoms with Crippen molar-refractivity contribution in [1.82, 2.24) is 20.9 Å². The normalized spacial score (nSPS) is 17.4. The first-order chi connectivity index (χ1) is 13.4. The number of rotatable bonds is 11. The molecule has 0 spiro atoms. The van der Waals surface area contributed by atoms with Gasteiger partial charge in [-0.05, 0) is 31.1 Å². The SMILES string of the molecule is CCCCC1C=C(NC(NC=O)NCN(C)c2cncc(C)c2)C(O)=CC1=N. The topological polar surface area (TPSA) is 113 Å². The molecule has 1 aromatic rings. The number of nitrogens with zero attached hydrogens (tertiary/aromatic N) is 2. The number of aliphatic hydroxyl groups is 1. The minimum atomic E-state index is -0.585. The van der Waals surface area contributed by atoms with Crippen molar-refractivity contribution in [2.45, 2.75) is 39.4 Å². The first-order valence-corrected chi connectivity index (χ1v) is 9.48. The molecule has 1 heterocycles. The molecule has 2 atom stereocenters. The van der Waals surface area contributed by atoms with E-state index in [1.807, 2.05) is 31.0 Å². The molecule has 1 aliphatic rings. The molecule has 1 amide bonds. The molecule has 5 N–H and O–H groups in total. The van der Waals surface area contributed by atoms with Gasteiger partial charge >= 0.3 is 0 Å². The molecule has 8 nitrogen and oxygen atoms in total. The van der Waals surface area contributed by atoms with Gasteiger partial charge in [0.2, 0.25) is 6.41 Å². The number of nitrogens with one attached hydrogen (secondary N) is 4. The zero-order chi connectivity index (χ0) is 20.5. The molecule has 152 valence electrons. The molecule has 0 bridgehead atoms. The van der Waals surface area contributed by atoms with Crippen LogP contribution in [0.2, 0.25) is 0 Å². The van der Waals surface area contributed by atoms with Crippen LogP contribution in [0.3, 0.4) is 0 Å². The number of amides is 1. The van der Waals surface area contributed by atoms with Crippen LogP contribution in [0.25, 0.3) is 0 Å². The van der Waals surface area contributed by atoms with E-state index >= 15 is 0 Å². The lowest BCUT2D eigenvalue weighted by molar-refractivity contribution is -0.110. The van der Waals surface area contributed by atoms with Crippen LogP contribution in [-0.4, -0.2) is 42.2 Å². The number of hydrogen-bond acceptors (Lipinski definition) is 7. The zero-order valence-corrected chi connectivity index (χ0v) is 16.7. The molecule has 1 aliphatic carbocycles. The monoisotopic (exact) mass is 386 g/mol. The van der Waals surface area contributed by atoms with Crippen LogP contribution in [0.5, 0.6) is 0 Å². The minimum absolute atomic E-state index is 0.00603. The molecule has 8 heteroatoms. The highest BCUT2D eigenvalue weighted by molar-refractivity contribution is 5.97. The Morgan fingerprint density at radius 1 is 1.43 bits per heavy atom. The Labute approximate surface area is 166 Å². The van der Waals surface area contributed by atoms with E-state index in [0.29, 0.717) is 24.5 Å². The molecule has 0 saturated heterocycles. The van der Waals surface area contributed by atoms with Gasteiger partial charge in [0.05, 0.1) is 24.2 Å². The maximum Gasteiger partial charge on any atom is 0.209 e. The van der Waals surface area contributed by atoms with Gasteiger partial charge in [-0.15, -0.1) is 0 Å². The van der Waals surface area contributed by atoms with Crippen molar-refractivity contribution in [3.05, 3.63) is 47.6 Å². The molecular weight excluding hydrogens is 356 g/mol. The van der Waals surface area contributed by atoms with Gasteiger partial charge in [-0.2, -0.15) is 0 Å². The van der Waals surface area contributed by atoms with Crippen LogP contribution in [0.15, 0.2) is 42.1 Å². The molecule has 0 aliphatic heterocycles. The summed E-state index contributed by atoms with van der Waals surface area (Å²) in [7, 11) is 1.92. The summed E-state index contributed by atoms with van der Waals surface area (Å²) < 4.78 is 0. The Balaban J connectivity index is 2.01. The lowest BCUT2D eigenvalue weighted by Crippen LogP contribution is -2.54. The van der Waals surface area contributed by atoms with E-state index in [9.17, 15) is 9.90 Å². The summed E-state index contributed by atoms with van der Waals surface area (Å²) in [6, 6.07) is 2.02. The molecule has 1 aromatic heterocycles. The third-order valence-electron chi connectivity index (χ3n) is 4.57. The fraction of sp³-hybridized carbons (Fsp3) is 0.450. The van der Waals surface area contributed by atoms with Gasteiger partial charge in [0, 0.05) is 31.0 Å². The summed E-state index contributed by atoms with van der Waals surface area (Å²) in [5, 5.41) is 27.2. The number of pyridine rings is 1. The Kier molecular flexibility index (Phi) is 8.01. The maximum absolute atomic E-state index is 11.0. The Bertz CT molecular complexity index is 746. The lowest BCUT2D eigenvalue weighted by atomic mass is 9.91. The number of aliphatic hydroxyl groups excluding tert-OH is 1. The van der Waals surface area contributed by atoms with Crippen LogP contribution >= 0.6 is 0 Å². The second-order valence-corrected chi connectivity index (χ2v) is 6.96. The van der Waals surface area contributed by atoms with Crippen LogP contribution in [-0.2, 0) is 4.79 Å². The van der Waals surface area contributed by atoms with Crippen molar-refractivity contribution in [1.29, 1.82) is 5.41 Å². The third-order valence-corrected chi connectivity index (χ3v) is 4.57. The van der Waals surface area contributed by atoms with Gasteiger partial charge in [-0.25, -0.2) is 0 Å². The second-order valence-electron chi connectivity index (χ2n) is 6.96. The molecule has 2 rings (SSSR count). The molecule has 28 heavy (non-hydrogen) atoms. The number of aromatic nitrogens is 1. The predicted octanol–water partition coefficient (Wildman–Crippen LogP) is 2.16. The number of anilines is 1. The van der Waals surface area contributed by atoms with E-state index < -0.39 is 6.29 Å². The van der Waals surface area contributed by atoms with Crippen LogP contribution in [0.1, 0.15) is 31.7 Å². The number of carbonyl (C=O) groups is 1. The van der Waals surface area contributed by atoms with Crippen LogP contribution < -0.4 is 20.9 Å². The van der Waals surface area contributed by atoms with Crippen molar-refractivity contribution < 1.29 is 9.90 Å². The Hall–Kier alpha value is -2.87. The highest BCUT2D eigenvalue weighted by Crippen LogP contribution is 2.22. The molecule has 0 saturated carbocycles. The molecular formula is C20H30N6O2. The maximum atomic E-state index is 11.0. The van der Waals surface area contributed by atoms with E-state index in [0.717, 1.165) is 30.5 Å². The van der Waals surface area contributed by atoms with E-state index in [2.05, 4.69) is 27.9 Å². The van der Waals surface area contributed by atoms with E-state index in [4.69, 9.17) is 5.41 Å². The van der Waals surface area contributed by atoms with Crippen LogP contribution in [0, 0.1) is 18.3 Å². The highest BCUT2D eigenvalue weighted by atomic mass is 16.3. The first kappa shape index (κ1) is 21.4. The zero-order valence-electron chi connectivity index (χ0n) is 16.7. The minimum Gasteiger partial charge on any atom is -0.506 e. The third kappa shape index (κ3) is 6.09. The first-order valence-electron chi connectivity index (χ1n) is 9.48. The fourth-order valence-corrected chi connectivity index (χ4v) is 2.94. The quantitative estimate of drug-likeness (QED) is 0.294. The summed E-state index contributed by atoms with van der Waals surface area (Å²) in [5.41, 5.74) is 2.91. The van der Waals surface area contributed by atoms with Gasteiger partial charge in [0.1, 0.15) is 5.76 Å². The molecule has 0 aromatic carbocycles. The number of aryl methyl sites for hydroxylation is 1. The van der Waals surface area contributed by atoms with Gasteiger partial charge in [0.25, 0.3) is 0 Å². The van der Waals surface area contributed by atoms with Crippen molar-refractivity contribution in [2.75, 3.05) is 18.6 Å². The highest BCUT2D eigenvalue weighted by Gasteiger charge is 2.21. The lowest BCUT2D eigenvalue weighted by Gasteiger charge is -2.28. The largest absolute Gasteiger partial charge is 0.506 e. The van der Waals surface area contributed by atoms with Crippen molar-refractivity contribution in [3.63, 3.8) is 0 Å². The number of allylic oxidation sites excluding steroid dienone is 2. The number of unbranched alkanes of at least 4 members (excludes halogenated alkanes) is 1. The summed E-state index contributed by atoms with van der Waals surface area (Å²) in [6.45, 7) is 4.53. The van der Waals surface area contributed by atoms with E-state index in [-0.39, 0.29) is 11.7 Å². The van der Waals surface area contributed by atoms with Gasteiger partial charge in [-0.1, -0.05) is 19.8 Å². The van der Waals surface area contributed by atoms with Crippen molar-refractivity contribution in [2.24, 2.45) is 5.92 Å². The van der Waals surface area contributed by atoms with Crippen molar-refractivity contribution >= 4 is 17.8 Å². The summed E-state index contributed by atoms with van der Waals surface area (Å²) in [5.74, 6) is -0.0511. The summed E-state index contributed by atoms with van der Waals surface area (Å²) in [4.78, 5) is 17.2. The average Bonchev–Trinajstić information content (AvgIpc) is 2.67. The summed E-state index contributed by atoms with van der Waals surface area (Å²) >= 11 is 0. The number of hydrogen-bond donors (Lipinski definition) is 5. The fourth-order valence-electron chi connectivity index (χ4n) is 2.94. The summed E-state index contributed by atoms with van der Waals surface area (Å²) in [6.07, 6.45) is 9.80. The van der Waals surface area contributed by atoms with Gasteiger partial charge < -0.3 is 26.0 Å². The average molecular weight is 387 g/mol. The standard InChI is InChI=1S/C20H30N6O2/c1-4-5-6-15-8-18(19(28)9-17(15)21)25-20(24-13-27)23-12-26(3)16-7-14(2)10-22-11-16/h7-11,13,15,20-21,23,25,28H,4-6,12H2,1-3H3,(H,24,27). The van der Waals surface area contributed by atoms with E-state index in [1.165, 1.54) is 6.08 Å². The molecule has 0 fully saturated rings. The predicted molar refractivity (Wildman–Crippen MR) is 111 cm³/mol. The second kappa shape index (κ2) is 10.5.